The summed E-state index contributed by atoms with van der Waals surface area (Å²) >= 11 is 0. The molecule has 0 amide bonds. The van der Waals surface area contributed by atoms with E-state index >= 15 is 0 Å². The first-order valence-electron chi connectivity index (χ1n) is 22.9. The van der Waals surface area contributed by atoms with Crippen LogP contribution >= 0.6 is 0 Å². The number of benzene rings is 9. The van der Waals surface area contributed by atoms with Crippen LogP contribution in [-0.2, 0) is 0 Å². The van der Waals surface area contributed by atoms with Crippen molar-refractivity contribution >= 4 is 43.6 Å². The first kappa shape index (κ1) is 39.1. The van der Waals surface area contributed by atoms with Crippen molar-refractivity contribution in [1.82, 2.24) is 29.1 Å². The van der Waals surface area contributed by atoms with Gasteiger partial charge in [0.05, 0.1) is 39.1 Å². The Morgan fingerprint density at radius 2 is 0.706 bits per heavy atom. The summed E-state index contributed by atoms with van der Waals surface area (Å²) in [6.07, 6.45) is 0. The van der Waals surface area contributed by atoms with Gasteiger partial charge in [0, 0.05) is 49.4 Å². The molecule has 4 heterocycles. The summed E-state index contributed by atoms with van der Waals surface area (Å²) in [6, 6.07) is 85.1. The lowest BCUT2D eigenvalue weighted by Gasteiger charge is -2.16. The van der Waals surface area contributed by atoms with Crippen LogP contribution in [0, 0.1) is 0 Å². The van der Waals surface area contributed by atoms with E-state index in [1.807, 2.05) is 36.4 Å². The molecule has 0 atom stereocenters. The highest BCUT2D eigenvalue weighted by Crippen LogP contribution is 2.42. The number of nitrogens with zero attached hydrogens (tertiary/aromatic N) is 6. The molecule has 4 aromatic heterocycles. The molecule has 0 saturated heterocycles. The van der Waals surface area contributed by atoms with Crippen LogP contribution in [-0.4, -0.2) is 29.1 Å². The Morgan fingerprint density at radius 1 is 0.250 bits per heavy atom. The van der Waals surface area contributed by atoms with Gasteiger partial charge in [0.15, 0.2) is 11.6 Å². The monoisotopic (exact) mass is 868 g/mol. The molecule has 0 bridgehead atoms. The molecule has 0 radical (unpaired) electrons. The van der Waals surface area contributed by atoms with E-state index in [1.54, 1.807) is 0 Å². The van der Waals surface area contributed by atoms with Crippen LogP contribution in [0.2, 0.25) is 0 Å². The van der Waals surface area contributed by atoms with Crippen LogP contribution in [0.15, 0.2) is 243 Å². The second kappa shape index (κ2) is 16.3. The maximum Gasteiger partial charge on any atom is 0.238 e. The van der Waals surface area contributed by atoms with Crippen molar-refractivity contribution in [1.29, 1.82) is 0 Å². The van der Waals surface area contributed by atoms with Gasteiger partial charge in [-0.05, 0) is 59.2 Å². The molecule has 0 saturated carbocycles. The lowest BCUT2D eigenvalue weighted by atomic mass is 9.98. The van der Waals surface area contributed by atoms with E-state index in [-0.39, 0.29) is 0 Å². The molecule has 0 fully saturated rings. The van der Waals surface area contributed by atoms with Gasteiger partial charge in [-0.15, -0.1) is 0 Å². The molecule has 9 aromatic carbocycles. The highest BCUT2D eigenvalue weighted by atomic mass is 15.2. The molecular weight excluding hydrogens is 829 g/mol. The number of hydrogen-bond donors (Lipinski definition) is 0. The van der Waals surface area contributed by atoms with Gasteiger partial charge < -0.3 is 4.57 Å². The zero-order valence-corrected chi connectivity index (χ0v) is 36.8. The third kappa shape index (κ3) is 6.66. The summed E-state index contributed by atoms with van der Waals surface area (Å²) in [5, 5.41) is 4.57. The van der Waals surface area contributed by atoms with Crippen molar-refractivity contribution in [2.75, 3.05) is 0 Å². The first-order chi connectivity index (χ1) is 33.7. The maximum atomic E-state index is 5.41. The molecule has 318 valence electrons. The molecule has 0 aliphatic carbocycles. The predicted molar refractivity (Wildman–Crippen MR) is 279 cm³/mol. The topological polar surface area (TPSA) is 61.4 Å². The van der Waals surface area contributed by atoms with Gasteiger partial charge in [-0.1, -0.05) is 200 Å². The molecule has 13 rings (SSSR count). The van der Waals surface area contributed by atoms with Gasteiger partial charge in [-0.3, -0.25) is 4.57 Å². The molecule has 0 aliphatic heterocycles. The average Bonchev–Trinajstić information content (AvgIpc) is 3.92. The summed E-state index contributed by atoms with van der Waals surface area (Å²) in [6.45, 7) is 0. The highest BCUT2D eigenvalue weighted by molar-refractivity contribution is 6.19. The Labute approximate surface area is 392 Å². The second-order valence-corrected chi connectivity index (χ2v) is 17.0. The molecule has 6 heteroatoms. The van der Waals surface area contributed by atoms with Gasteiger partial charge in [-0.2, -0.15) is 9.97 Å². The number of aromatic nitrogens is 6. The minimum atomic E-state index is 0.545. The van der Waals surface area contributed by atoms with Crippen molar-refractivity contribution in [2.45, 2.75) is 0 Å². The minimum absolute atomic E-state index is 0.545. The average molecular weight is 869 g/mol. The number of rotatable bonds is 8. The first-order valence-corrected chi connectivity index (χ1v) is 22.9. The number of para-hydroxylation sites is 3. The van der Waals surface area contributed by atoms with Gasteiger partial charge in [0.1, 0.15) is 0 Å². The SMILES string of the molecule is c1ccc(-c2cc(-c3ccccc3-n3c4ccccc4c4cc5c6ccccc6n(-c6nc(-c7ccccc7)nc(-c7ccccc7-c7ccccc7)n6)c5cc43)cc(-c3ccccc3)n2)cc1. The van der Waals surface area contributed by atoms with Crippen LogP contribution in [0.3, 0.4) is 0 Å². The Hall–Kier alpha value is -9.26. The molecule has 13 aromatic rings. The molecule has 0 spiro atoms. The smallest absolute Gasteiger partial charge is 0.238 e. The van der Waals surface area contributed by atoms with Gasteiger partial charge >= 0.3 is 0 Å². The summed E-state index contributed by atoms with van der Waals surface area (Å²) in [7, 11) is 0. The Balaban J connectivity index is 1.08. The molecular formula is C62H40N6. The lowest BCUT2D eigenvalue weighted by molar-refractivity contribution is 0.954. The Bertz CT molecular complexity index is 3950. The standard InChI is InChI=1S/C62H40N6/c1-5-21-41(22-6-1)46-29-13-14-33-50(46)61-64-60(44-27-11-4-12-28-44)65-62(66-61)68-57-36-20-17-32-49(57)52-39-51-48-31-16-19-35-56(48)67(58(51)40-59(52)68)55-34-18-15-30-47(55)45-37-53(42-23-7-2-8-24-42)63-54(38-45)43-25-9-3-10-26-43/h1-40H. The summed E-state index contributed by atoms with van der Waals surface area (Å²) in [5.41, 5.74) is 15.4. The molecule has 6 nitrogen and oxygen atoms in total. The fourth-order valence-corrected chi connectivity index (χ4v) is 9.87. The van der Waals surface area contributed by atoms with E-state index in [0.717, 1.165) is 99.8 Å². The Kier molecular flexibility index (Phi) is 9.39. The molecule has 68 heavy (non-hydrogen) atoms. The summed E-state index contributed by atoms with van der Waals surface area (Å²) in [4.78, 5) is 21.2. The second-order valence-electron chi connectivity index (χ2n) is 17.0. The number of pyridine rings is 1. The predicted octanol–water partition coefficient (Wildman–Crippen LogP) is 15.5. The summed E-state index contributed by atoms with van der Waals surface area (Å²) in [5.74, 6) is 1.75. The quantitative estimate of drug-likeness (QED) is 0.153. The summed E-state index contributed by atoms with van der Waals surface area (Å²) < 4.78 is 4.65. The van der Waals surface area contributed by atoms with Crippen molar-refractivity contribution in [3.63, 3.8) is 0 Å². The zero-order chi connectivity index (χ0) is 45.0. The lowest BCUT2D eigenvalue weighted by Crippen LogP contribution is -2.07. The van der Waals surface area contributed by atoms with Crippen molar-refractivity contribution in [3.8, 4) is 79.2 Å². The van der Waals surface area contributed by atoms with Crippen LogP contribution in [0.5, 0.6) is 0 Å². The fourth-order valence-electron chi connectivity index (χ4n) is 9.87. The number of fused-ring (bicyclic) bond motifs is 6. The van der Waals surface area contributed by atoms with Crippen LogP contribution in [0.1, 0.15) is 0 Å². The van der Waals surface area contributed by atoms with E-state index in [2.05, 4.69) is 215 Å². The van der Waals surface area contributed by atoms with Crippen LogP contribution < -0.4 is 0 Å². The third-order valence-corrected chi connectivity index (χ3v) is 13.0. The normalized spacial score (nSPS) is 11.5. The van der Waals surface area contributed by atoms with Crippen LogP contribution in [0.4, 0.5) is 0 Å². The largest absolute Gasteiger partial charge is 0.309 e. The van der Waals surface area contributed by atoms with Gasteiger partial charge in [0.25, 0.3) is 0 Å². The van der Waals surface area contributed by atoms with E-state index in [9.17, 15) is 0 Å². The van der Waals surface area contributed by atoms with E-state index in [4.69, 9.17) is 19.9 Å². The van der Waals surface area contributed by atoms with Crippen LogP contribution in [0.25, 0.3) is 123 Å². The van der Waals surface area contributed by atoms with Crippen molar-refractivity contribution in [3.05, 3.63) is 243 Å². The molecule has 0 aliphatic rings. The van der Waals surface area contributed by atoms with E-state index in [0.29, 0.717) is 17.6 Å². The highest BCUT2D eigenvalue weighted by Gasteiger charge is 2.23. The van der Waals surface area contributed by atoms with Gasteiger partial charge in [-0.25, -0.2) is 9.97 Å². The minimum Gasteiger partial charge on any atom is -0.309 e. The van der Waals surface area contributed by atoms with Gasteiger partial charge in [0.2, 0.25) is 5.95 Å². The fraction of sp³-hybridized carbons (Fsp3) is 0. The van der Waals surface area contributed by atoms with Crippen molar-refractivity contribution < 1.29 is 0 Å². The zero-order valence-electron chi connectivity index (χ0n) is 36.8. The number of hydrogen-bond acceptors (Lipinski definition) is 4. The third-order valence-electron chi connectivity index (χ3n) is 13.0. The Morgan fingerprint density at radius 3 is 1.32 bits per heavy atom. The molecule has 0 N–H and O–H groups in total. The van der Waals surface area contributed by atoms with E-state index < -0.39 is 0 Å². The maximum absolute atomic E-state index is 5.41. The van der Waals surface area contributed by atoms with E-state index in [1.165, 1.54) is 5.39 Å². The molecule has 0 unspecified atom stereocenters. The van der Waals surface area contributed by atoms with Crippen molar-refractivity contribution in [2.24, 2.45) is 0 Å².